The minimum Gasteiger partial charge on any atom is -0.478 e. The Morgan fingerprint density at radius 2 is 1.95 bits per heavy atom. The number of anilines is 1. The molecular weight excluding hydrogens is 333 g/mol. The Labute approximate surface area is 131 Å². The molecule has 0 aliphatic carbocycles. The zero-order valence-electron chi connectivity index (χ0n) is 11.3. The number of hydrogen-bond acceptors (Lipinski definition) is 3. The minimum atomic E-state index is -4.28. The van der Waals surface area contributed by atoms with E-state index in [1.165, 1.54) is 31.2 Å². The fraction of sp³-hybridized carbons (Fsp3) is 0.0714. The fourth-order valence-electron chi connectivity index (χ4n) is 1.93. The molecule has 0 saturated carbocycles. The molecule has 0 saturated heterocycles. The zero-order chi connectivity index (χ0) is 16.5. The van der Waals surface area contributed by atoms with Crippen LogP contribution in [0.3, 0.4) is 0 Å². The van der Waals surface area contributed by atoms with Gasteiger partial charge in [0.25, 0.3) is 10.0 Å². The molecule has 0 amide bonds. The van der Waals surface area contributed by atoms with E-state index in [2.05, 4.69) is 4.72 Å². The highest BCUT2D eigenvalue weighted by Crippen LogP contribution is 2.25. The Bertz CT molecular complexity index is 852. The van der Waals surface area contributed by atoms with Crippen LogP contribution >= 0.6 is 11.6 Å². The summed E-state index contributed by atoms with van der Waals surface area (Å²) in [6.07, 6.45) is 0. The van der Waals surface area contributed by atoms with Gasteiger partial charge < -0.3 is 5.11 Å². The molecule has 2 aromatic carbocycles. The van der Waals surface area contributed by atoms with Crippen LogP contribution in [0.1, 0.15) is 15.9 Å². The van der Waals surface area contributed by atoms with E-state index in [1.54, 1.807) is 0 Å². The van der Waals surface area contributed by atoms with Crippen molar-refractivity contribution in [2.75, 3.05) is 4.72 Å². The number of halogens is 2. The quantitative estimate of drug-likeness (QED) is 0.892. The predicted octanol–water partition coefficient (Wildman–Crippen LogP) is 3.29. The maximum absolute atomic E-state index is 13.8. The number of benzene rings is 2. The Morgan fingerprint density at radius 3 is 2.55 bits per heavy atom. The molecule has 2 N–H and O–H groups in total. The molecule has 2 rings (SSSR count). The monoisotopic (exact) mass is 343 g/mol. The maximum atomic E-state index is 13.8. The summed E-state index contributed by atoms with van der Waals surface area (Å²) >= 11 is 5.58. The van der Waals surface area contributed by atoms with Crippen molar-refractivity contribution in [2.24, 2.45) is 0 Å². The van der Waals surface area contributed by atoms with Gasteiger partial charge in [0.2, 0.25) is 0 Å². The standard InChI is InChI=1S/C14H11ClFNO4S/c1-8-3-2-4-11(13(8)14(18)19)17-22(20,21)12-6-5-9(15)7-10(12)16/h2-7,17H,1H3,(H,18,19). The highest BCUT2D eigenvalue weighted by Gasteiger charge is 2.22. The lowest BCUT2D eigenvalue weighted by Crippen LogP contribution is -2.17. The SMILES string of the molecule is Cc1cccc(NS(=O)(=O)c2ccc(Cl)cc2F)c1C(=O)O. The first-order valence-electron chi connectivity index (χ1n) is 6.03. The number of carboxylic acids is 1. The van der Waals surface area contributed by atoms with Gasteiger partial charge in [-0.3, -0.25) is 4.72 Å². The van der Waals surface area contributed by atoms with E-state index in [9.17, 15) is 22.7 Å². The van der Waals surface area contributed by atoms with Crippen LogP contribution in [-0.4, -0.2) is 19.5 Å². The number of rotatable bonds is 4. The minimum absolute atomic E-state index is 0.0539. The van der Waals surface area contributed by atoms with Crippen LogP contribution in [0.2, 0.25) is 5.02 Å². The van der Waals surface area contributed by atoms with Gasteiger partial charge >= 0.3 is 5.97 Å². The van der Waals surface area contributed by atoms with Crippen molar-refractivity contribution < 1.29 is 22.7 Å². The van der Waals surface area contributed by atoms with Crippen LogP contribution < -0.4 is 4.72 Å². The molecule has 0 heterocycles. The zero-order valence-corrected chi connectivity index (χ0v) is 12.9. The lowest BCUT2D eigenvalue weighted by atomic mass is 10.1. The molecule has 0 bridgehead atoms. The largest absolute Gasteiger partial charge is 0.478 e. The van der Waals surface area contributed by atoms with Crippen LogP contribution in [0.4, 0.5) is 10.1 Å². The Kier molecular flexibility index (Phi) is 4.39. The first-order valence-corrected chi connectivity index (χ1v) is 7.89. The van der Waals surface area contributed by atoms with Crippen LogP contribution in [0, 0.1) is 12.7 Å². The molecule has 0 aliphatic heterocycles. The molecule has 0 unspecified atom stereocenters. The molecule has 0 aliphatic rings. The first kappa shape index (κ1) is 16.3. The molecule has 0 radical (unpaired) electrons. The summed E-state index contributed by atoms with van der Waals surface area (Å²) in [5, 5.41) is 9.23. The van der Waals surface area contributed by atoms with E-state index in [0.717, 1.165) is 12.1 Å². The fourth-order valence-corrected chi connectivity index (χ4v) is 3.22. The number of aromatic carboxylic acids is 1. The highest BCUT2D eigenvalue weighted by atomic mass is 35.5. The van der Waals surface area contributed by atoms with Crippen LogP contribution in [-0.2, 0) is 10.0 Å². The van der Waals surface area contributed by atoms with Gasteiger partial charge in [0.05, 0.1) is 11.3 Å². The molecular formula is C14H11ClFNO4S. The van der Waals surface area contributed by atoms with Crippen molar-refractivity contribution >= 4 is 33.3 Å². The Balaban J connectivity index is 2.50. The molecule has 22 heavy (non-hydrogen) atoms. The molecule has 0 atom stereocenters. The number of carbonyl (C=O) groups is 1. The van der Waals surface area contributed by atoms with Crippen molar-refractivity contribution in [2.45, 2.75) is 11.8 Å². The van der Waals surface area contributed by atoms with Crippen molar-refractivity contribution in [1.29, 1.82) is 0 Å². The van der Waals surface area contributed by atoms with Crippen LogP contribution in [0.25, 0.3) is 0 Å². The van der Waals surface area contributed by atoms with E-state index in [1.807, 2.05) is 0 Å². The number of sulfonamides is 1. The Morgan fingerprint density at radius 1 is 1.27 bits per heavy atom. The molecule has 0 aromatic heterocycles. The van der Waals surface area contributed by atoms with E-state index in [4.69, 9.17) is 11.6 Å². The van der Waals surface area contributed by atoms with Gasteiger partial charge in [0.1, 0.15) is 10.7 Å². The molecule has 116 valence electrons. The third-order valence-electron chi connectivity index (χ3n) is 2.91. The van der Waals surface area contributed by atoms with Crippen molar-refractivity contribution in [3.8, 4) is 0 Å². The summed E-state index contributed by atoms with van der Waals surface area (Å²) < 4.78 is 40.3. The smallest absolute Gasteiger partial charge is 0.338 e. The lowest BCUT2D eigenvalue weighted by Gasteiger charge is -2.12. The maximum Gasteiger partial charge on any atom is 0.338 e. The van der Waals surface area contributed by atoms with Crippen LogP contribution in [0.5, 0.6) is 0 Å². The molecule has 2 aromatic rings. The second-order valence-corrected chi connectivity index (χ2v) is 6.57. The second kappa shape index (κ2) is 5.94. The highest BCUT2D eigenvalue weighted by molar-refractivity contribution is 7.92. The van der Waals surface area contributed by atoms with Crippen LogP contribution in [0.15, 0.2) is 41.3 Å². The van der Waals surface area contributed by atoms with E-state index in [0.29, 0.717) is 5.56 Å². The average molecular weight is 344 g/mol. The normalized spacial score (nSPS) is 11.2. The summed E-state index contributed by atoms with van der Waals surface area (Å²) in [5.41, 5.74) is 0.0478. The van der Waals surface area contributed by atoms with Crippen molar-refractivity contribution in [3.63, 3.8) is 0 Å². The van der Waals surface area contributed by atoms with Gasteiger partial charge in [-0.25, -0.2) is 17.6 Å². The molecule has 8 heteroatoms. The molecule has 0 spiro atoms. The van der Waals surface area contributed by atoms with E-state index >= 15 is 0 Å². The summed E-state index contributed by atoms with van der Waals surface area (Å²) in [4.78, 5) is 10.6. The van der Waals surface area contributed by atoms with Gasteiger partial charge in [-0.1, -0.05) is 23.7 Å². The number of nitrogens with one attached hydrogen (secondary N) is 1. The van der Waals surface area contributed by atoms with E-state index in [-0.39, 0.29) is 16.3 Å². The van der Waals surface area contributed by atoms with Gasteiger partial charge in [-0.2, -0.15) is 0 Å². The average Bonchev–Trinajstić information content (AvgIpc) is 2.36. The van der Waals surface area contributed by atoms with E-state index < -0.39 is 26.7 Å². The molecule has 0 fully saturated rings. The number of aryl methyl sites for hydroxylation is 1. The summed E-state index contributed by atoms with van der Waals surface area (Å²) in [5.74, 6) is -2.31. The third-order valence-corrected chi connectivity index (χ3v) is 4.55. The third kappa shape index (κ3) is 3.20. The topological polar surface area (TPSA) is 83.5 Å². The van der Waals surface area contributed by atoms with Gasteiger partial charge in [-0.15, -0.1) is 0 Å². The summed E-state index contributed by atoms with van der Waals surface area (Å²) in [6, 6.07) is 7.43. The second-order valence-electron chi connectivity index (χ2n) is 4.48. The van der Waals surface area contributed by atoms with Gasteiger partial charge in [-0.05, 0) is 36.8 Å². The molecule has 5 nitrogen and oxygen atoms in total. The van der Waals surface area contributed by atoms with Crippen molar-refractivity contribution in [1.82, 2.24) is 0 Å². The predicted molar refractivity (Wildman–Crippen MR) is 80.4 cm³/mol. The lowest BCUT2D eigenvalue weighted by molar-refractivity contribution is 0.0697. The van der Waals surface area contributed by atoms with Crippen molar-refractivity contribution in [3.05, 3.63) is 58.4 Å². The van der Waals surface area contributed by atoms with Gasteiger partial charge in [0, 0.05) is 5.02 Å². The van der Waals surface area contributed by atoms with Gasteiger partial charge in [0.15, 0.2) is 0 Å². The number of carboxylic acid groups (broad SMARTS) is 1. The summed E-state index contributed by atoms with van der Waals surface area (Å²) in [7, 11) is -4.28. The first-order chi connectivity index (χ1) is 10.2. The summed E-state index contributed by atoms with van der Waals surface area (Å²) in [6.45, 7) is 1.53. The Hall–Kier alpha value is -2.12. The number of hydrogen-bond donors (Lipinski definition) is 2.